The van der Waals surface area contributed by atoms with Gasteiger partial charge in [0.05, 0.1) is 12.8 Å². The summed E-state index contributed by atoms with van der Waals surface area (Å²) in [7, 11) is 0. The summed E-state index contributed by atoms with van der Waals surface area (Å²) in [6, 6.07) is 11.1. The van der Waals surface area contributed by atoms with E-state index in [1.54, 1.807) is 37.1 Å². The number of carbonyl (C=O) groups excluding carboxylic acids is 2. The lowest BCUT2D eigenvalue weighted by Crippen LogP contribution is -2.15. The van der Waals surface area contributed by atoms with Crippen LogP contribution in [0.15, 0.2) is 67.4 Å². The predicted molar refractivity (Wildman–Crippen MR) is 134 cm³/mol. The Bertz CT molecular complexity index is 1230. The molecule has 4 aromatic heterocycles. The van der Waals surface area contributed by atoms with Gasteiger partial charge < -0.3 is 10.6 Å². The molecule has 0 spiro atoms. The third-order valence-electron chi connectivity index (χ3n) is 5.09. The highest BCUT2D eigenvalue weighted by Crippen LogP contribution is 2.18. The predicted octanol–water partition coefficient (Wildman–Crippen LogP) is 3.65. The molecule has 178 valence electrons. The summed E-state index contributed by atoms with van der Waals surface area (Å²) >= 11 is 1.40. The van der Waals surface area contributed by atoms with Gasteiger partial charge in [-0.3, -0.25) is 19.6 Å². The Morgan fingerprint density at radius 3 is 2.06 bits per heavy atom. The van der Waals surface area contributed by atoms with Crippen LogP contribution in [0, 0.1) is 0 Å². The van der Waals surface area contributed by atoms with E-state index in [0.717, 1.165) is 47.4 Å². The van der Waals surface area contributed by atoms with Crippen LogP contribution >= 0.6 is 11.3 Å². The van der Waals surface area contributed by atoms with Crippen molar-refractivity contribution in [2.24, 2.45) is 0 Å². The molecular formula is C25H25N7O2S. The van der Waals surface area contributed by atoms with Crippen LogP contribution in [0.5, 0.6) is 0 Å². The van der Waals surface area contributed by atoms with Gasteiger partial charge in [0.2, 0.25) is 16.9 Å². The zero-order valence-electron chi connectivity index (χ0n) is 19.1. The molecule has 0 bridgehead atoms. The van der Waals surface area contributed by atoms with E-state index in [2.05, 4.69) is 35.8 Å². The number of anilines is 2. The maximum absolute atomic E-state index is 12.1. The van der Waals surface area contributed by atoms with Crippen LogP contribution in [0.1, 0.15) is 34.5 Å². The van der Waals surface area contributed by atoms with Crippen molar-refractivity contribution in [3.8, 4) is 0 Å². The first-order valence-electron chi connectivity index (χ1n) is 11.3. The molecule has 0 atom stereocenters. The lowest BCUT2D eigenvalue weighted by molar-refractivity contribution is -0.116. The molecule has 0 saturated heterocycles. The normalized spacial score (nSPS) is 10.6. The molecular weight excluding hydrogens is 462 g/mol. The van der Waals surface area contributed by atoms with Gasteiger partial charge in [-0.1, -0.05) is 29.5 Å². The van der Waals surface area contributed by atoms with Gasteiger partial charge in [0.25, 0.3) is 0 Å². The number of aryl methyl sites for hydroxylation is 2. The zero-order valence-corrected chi connectivity index (χ0v) is 19.9. The first-order valence-corrected chi connectivity index (χ1v) is 12.1. The van der Waals surface area contributed by atoms with E-state index in [9.17, 15) is 9.59 Å². The van der Waals surface area contributed by atoms with Crippen LogP contribution in [-0.4, -0.2) is 37.0 Å². The van der Waals surface area contributed by atoms with Crippen LogP contribution in [-0.2, 0) is 35.3 Å². The number of amides is 2. The number of rotatable bonds is 11. The highest BCUT2D eigenvalue weighted by molar-refractivity contribution is 7.15. The van der Waals surface area contributed by atoms with Gasteiger partial charge in [0, 0.05) is 37.4 Å². The minimum atomic E-state index is -0.134. The van der Waals surface area contributed by atoms with Crippen LogP contribution in [0.2, 0.25) is 0 Å². The summed E-state index contributed by atoms with van der Waals surface area (Å²) in [4.78, 5) is 36.7. The van der Waals surface area contributed by atoms with E-state index in [-0.39, 0.29) is 24.7 Å². The number of nitrogens with one attached hydrogen (secondary N) is 2. The summed E-state index contributed by atoms with van der Waals surface area (Å²) < 4.78 is 0. The standard InChI is InChI=1S/C25H25N7O2S/c33-22(13-19-6-3-11-26-15-19)29-21-10-9-18(17-28-21)5-1-2-8-24-31-32-25(35-24)30-23(34)14-20-7-4-12-27-16-20/h3-4,6-7,9-12,15-17H,1-2,5,8,13-14H2,(H,28,29,33)(H,30,32,34). The Morgan fingerprint density at radius 2 is 1.43 bits per heavy atom. The highest BCUT2D eigenvalue weighted by atomic mass is 32.1. The number of aromatic nitrogens is 5. The number of carbonyl (C=O) groups is 2. The lowest BCUT2D eigenvalue weighted by Gasteiger charge is -2.06. The van der Waals surface area contributed by atoms with Gasteiger partial charge in [-0.2, -0.15) is 0 Å². The third kappa shape index (κ3) is 8.04. The van der Waals surface area contributed by atoms with E-state index < -0.39 is 0 Å². The van der Waals surface area contributed by atoms with Crippen molar-refractivity contribution in [2.45, 2.75) is 38.5 Å². The minimum absolute atomic E-state index is 0.122. The van der Waals surface area contributed by atoms with E-state index in [1.807, 2.05) is 30.3 Å². The SMILES string of the molecule is O=C(Cc1cccnc1)Nc1ccc(CCCCc2nnc(NC(=O)Cc3cccnc3)s2)cn1. The second-order valence-corrected chi connectivity index (χ2v) is 8.99. The van der Waals surface area contributed by atoms with Crippen molar-refractivity contribution in [3.05, 3.63) is 89.1 Å². The molecule has 0 aliphatic rings. The van der Waals surface area contributed by atoms with Gasteiger partial charge >= 0.3 is 0 Å². The zero-order chi connectivity index (χ0) is 24.3. The van der Waals surface area contributed by atoms with Crippen LogP contribution in [0.3, 0.4) is 0 Å². The Morgan fingerprint density at radius 1 is 0.743 bits per heavy atom. The molecule has 4 heterocycles. The molecule has 0 fully saturated rings. The van der Waals surface area contributed by atoms with E-state index in [0.29, 0.717) is 10.9 Å². The first kappa shape index (κ1) is 24.1. The molecule has 2 N–H and O–H groups in total. The van der Waals surface area contributed by atoms with Gasteiger partial charge in [0.1, 0.15) is 10.8 Å². The Balaban J connectivity index is 1.14. The van der Waals surface area contributed by atoms with E-state index >= 15 is 0 Å². The van der Waals surface area contributed by atoms with Gasteiger partial charge in [-0.05, 0) is 54.2 Å². The summed E-state index contributed by atoms with van der Waals surface area (Å²) in [5.41, 5.74) is 2.82. The second kappa shape index (κ2) is 12.4. The molecule has 0 saturated carbocycles. The number of hydrogen-bond acceptors (Lipinski definition) is 8. The lowest BCUT2D eigenvalue weighted by atomic mass is 10.1. The van der Waals surface area contributed by atoms with E-state index in [4.69, 9.17) is 0 Å². The molecule has 9 nitrogen and oxygen atoms in total. The molecule has 2 amide bonds. The van der Waals surface area contributed by atoms with Gasteiger partial charge in [0.15, 0.2) is 0 Å². The van der Waals surface area contributed by atoms with Crippen molar-refractivity contribution in [1.29, 1.82) is 0 Å². The molecule has 35 heavy (non-hydrogen) atoms. The van der Waals surface area contributed by atoms with Crippen molar-refractivity contribution in [3.63, 3.8) is 0 Å². The van der Waals surface area contributed by atoms with Crippen molar-refractivity contribution >= 4 is 34.1 Å². The molecule has 0 aromatic carbocycles. The van der Waals surface area contributed by atoms with Crippen molar-refractivity contribution < 1.29 is 9.59 Å². The molecule has 0 radical (unpaired) electrons. The van der Waals surface area contributed by atoms with Crippen LogP contribution in [0.25, 0.3) is 0 Å². The number of nitrogens with zero attached hydrogens (tertiary/aromatic N) is 5. The Labute approximate surface area is 207 Å². The van der Waals surface area contributed by atoms with E-state index in [1.165, 1.54) is 11.3 Å². The Kier molecular flexibility index (Phi) is 8.55. The average Bonchev–Trinajstić information content (AvgIpc) is 3.31. The van der Waals surface area contributed by atoms with Crippen LogP contribution in [0.4, 0.5) is 10.9 Å². The fourth-order valence-electron chi connectivity index (χ4n) is 3.38. The summed E-state index contributed by atoms with van der Waals surface area (Å²) in [6.07, 6.45) is 12.6. The Hall–Kier alpha value is -4.05. The summed E-state index contributed by atoms with van der Waals surface area (Å²) in [5.74, 6) is 0.280. The monoisotopic (exact) mass is 487 g/mol. The van der Waals surface area contributed by atoms with Crippen molar-refractivity contribution in [2.75, 3.05) is 10.6 Å². The minimum Gasteiger partial charge on any atom is -0.310 e. The van der Waals surface area contributed by atoms with Gasteiger partial charge in [-0.25, -0.2) is 4.98 Å². The van der Waals surface area contributed by atoms with Crippen LogP contribution < -0.4 is 10.6 Å². The molecule has 4 rings (SSSR count). The number of hydrogen-bond donors (Lipinski definition) is 2. The molecule has 4 aromatic rings. The molecule has 0 unspecified atom stereocenters. The quantitative estimate of drug-likeness (QED) is 0.310. The highest BCUT2D eigenvalue weighted by Gasteiger charge is 2.09. The fourth-order valence-corrected chi connectivity index (χ4v) is 4.18. The maximum atomic E-state index is 12.1. The largest absolute Gasteiger partial charge is 0.310 e. The first-order chi connectivity index (χ1) is 17.1. The van der Waals surface area contributed by atoms with Crippen molar-refractivity contribution in [1.82, 2.24) is 25.1 Å². The summed E-state index contributed by atoms with van der Waals surface area (Å²) in [6.45, 7) is 0. The number of unbranched alkanes of at least 4 members (excludes halogenated alkanes) is 1. The molecule has 0 aliphatic heterocycles. The smallest absolute Gasteiger partial charge is 0.230 e. The fraction of sp³-hybridized carbons (Fsp3) is 0.240. The molecule has 0 aliphatic carbocycles. The van der Waals surface area contributed by atoms with Gasteiger partial charge in [-0.15, -0.1) is 10.2 Å². The molecule has 10 heteroatoms. The maximum Gasteiger partial charge on any atom is 0.230 e. The second-order valence-electron chi connectivity index (χ2n) is 7.93. The summed E-state index contributed by atoms with van der Waals surface area (Å²) in [5, 5.41) is 15.3. The average molecular weight is 488 g/mol. The number of pyridine rings is 3. The third-order valence-corrected chi connectivity index (χ3v) is 5.98. The topological polar surface area (TPSA) is 123 Å².